The van der Waals surface area contributed by atoms with E-state index < -0.39 is 5.41 Å². The van der Waals surface area contributed by atoms with Gasteiger partial charge >= 0.3 is 5.97 Å². The third-order valence-corrected chi connectivity index (χ3v) is 9.07. The third-order valence-electron chi connectivity index (χ3n) is 9.07. The first kappa shape index (κ1) is 26.6. The Bertz CT molecular complexity index is 1030. The second-order valence-electron chi connectivity index (χ2n) is 12.6. The standard InChI is InChI=1S/C33H44O3/c1-23-16-17-28(32(4,5)27-14-10-7-11-15-27)29(19-23)36-31(35)33(22-26-12-8-6-9-13-26)21-25(3)18-24(2)20-30(33)34/h6-15,23-25,28-29H,16-22H2,1-5H3/t23-,24-,25+,28-,29-,33-/m1/s1. The lowest BCUT2D eigenvalue weighted by Crippen LogP contribution is -2.49. The van der Waals surface area contributed by atoms with Crippen molar-refractivity contribution in [1.29, 1.82) is 0 Å². The molecule has 0 spiro atoms. The average Bonchev–Trinajstić information content (AvgIpc) is 2.95. The number of ketones is 1. The summed E-state index contributed by atoms with van der Waals surface area (Å²) < 4.78 is 6.55. The van der Waals surface area contributed by atoms with Gasteiger partial charge in [0.2, 0.25) is 0 Å². The third kappa shape index (κ3) is 5.61. The highest BCUT2D eigenvalue weighted by molar-refractivity contribution is 6.04. The molecule has 2 aromatic carbocycles. The minimum atomic E-state index is -1.10. The summed E-state index contributed by atoms with van der Waals surface area (Å²) in [6.45, 7) is 11.1. The molecule has 194 valence electrons. The van der Waals surface area contributed by atoms with Gasteiger partial charge in [-0.15, -0.1) is 0 Å². The molecular weight excluding hydrogens is 444 g/mol. The van der Waals surface area contributed by atoms with Crippen LogP contribution in [0.2, 0.25) is 0 Å². The topological polar surface area (TPSA) is 43.4 Å². The van der Waals surface area contributed by atoms with E-state index in [2.05, 4.69) is 58.9 Å². The molecule has 0 heterocycles. The molecule has 2 aliphatic carbocycles. The van der Waals surface area contributed by atoms with E-state index in [4.69, 9.17) is 4.74 Å². The van der Waals surface area contributed by atoms with Crippen LogP contribution in [0.15, 0.2) is 60.7 Å². The fourth-order valence-electron chi connectivity index (χ4n) is 7.08. The first-order valence-corrected chi connectivity index (χ1v) is 14.0. The molecule has 0 amide bonds. The summed E-state index contributed by atoms with van der Waals surface area (Å²) >= 11 is 0. The number of carbonyl (C=O) groups excluding carboxylic acids is 2. The summed E-state index contributed by atoms with van der Waals surface area (Å²) in [5.41, 5.74) is 1.07. The summed E-state index contributed by atoms with van der Waals surface area (Å²) in [5, 5.41) is 0. The van der Waals surface area contributed by atoms with Crippen LogP contribution in [0, 0.1) is 29.1 Å². The van der Waals surface area contributed by atoms with E-state index in [1.165, 1.54) is 5.56 Å². The van der Waals surface area contributed by atoms with E-state index in [9.17, 15) is 9.59 Å². The molecule has 2 aliphatic rings. The molecule has 0 radical (unpaired) electrons. The van der Waals surface area contributed by atoms with Crippen molar-refractivity contribution in [3.63, 3.8) is 0 Å². The second kappa shape index (κ2) is 10.9. The fraction of sp³-hybridized carbons (Fsp3) is 0.576. The van der Waals surface area contributed by atoms with Gasteiger partial charge in [-0.05, 0) is 66.4 Å². The van der Waals surface area contributed by atoms with E-state index in [-0.39, 0.29) is 35.1 Å². The molecule has 2 aromatic rings. The number of carbonyl (C=O) groups is 2. The van der Waals surface area contributed by atoms with Crippen LogP contribution in [0.1, 0.15) is 84.3 Å². The molecule has 0 unspecified atom stereocenters. The van der Waals surface area contributed by atoms with Gasteiger partial charge in [0.05, 0.1) is 0 Å². The number of hydrogen-bond donors (Lipinski definition) is 0. The highest BCUT2D eigenvalue weighted by atomic mass is 16.5. The minimum Gasteiger partial charge on any atom is -0.461 e. The van der Waals surface area contributed by atoms with E-state index in [0.29, 0.717) is 31.1 Å². The van der Waals surface area contributed by atoms with E-state index in [0.717, 1.165) is 31.2 Å². The Morgan fingerprint density at radius 2 is 1.53 bits per heavy atom. The van der Waals surface area contributed by atoms with Crippen molar-refractivity contribution in [3.05, 3.63) is 71.8 Å². The maximum Gasteiger partial charge on any atom is 0.320 e. The van der Waals surface area contributed by atoms with E-state index >= 15 is 0 Å². The van der Waals surface area contributed by atoms with Gasteiger partial charge < -0.3 is 4.74 Å². The Kier molecular flexibility index (Phi) is 8.07. The van der Waals surface area contributed by atoms with Gasteiger partial charge in [-0.2, -0.15) is 0 Å². The van der Waals surface area contributed by atoms with Gasteiger partial charge in [-0.25, -0.2) is 0 Å². The van der Waals surface area contributed by atoms with Crippen molar-refractivity contribution >= 4 is 11.8 Å². The lowest BCUT2D eigenvalue weighted by Gasteiger charge is -2.45. The average molecular weight is 489 g/mol. The van der Waals surface area contributed by atoms with Crippen LogP contribution in [0.5, 0.6) is 0 Å². The van der Waals surface area contributed by atoms with Crippen molar-refractivity contribution in [3.8, 4) is 0 Å². The number of ether oxygens (including phenoxy) is 1. The number of esters is 1. The molecule has 3 nitrogen and oxygen atoms in total. The molecule has 6 atom stereocenters. The fourth-order valence-corrected chi connectivity index (χ4v) is 7.08. The van der Waals surface area contributed by atoms with Crippen LogP contribution < -0.4 is 0 Å². The van der Waals surface area contributed by atoms with Crippen LogP contribution in [-0.2, 0) is 26.2 Å². The Balaban J connectivity index is 1.67. The Labute approximate surface area is 218 Å². The van der Waals surface area contributed by atoms with Gasteiger partial charge in [-0.1, -0.05) is 102 Å². The van der Waals surface area contributed by atoms with Gasteiger partial charge in [0.25, 0.3) is 0 Å². The molecule has 4 rings (SSSR count). The van der Waals surface area contributed by atoms with Crippen molar-refractivity contribution in [2.45, 2.75) is 91.1 Å². The highest BCUT2D eigenvalue weighted by Crippen LogP contribution is 2.46. The minimum absolute atomic E-state index is 0.0657. The number of benzene rings is 2. The summed E-state index contributed by atoms with van der Waals surface area (Å²) in [6, 6.07) is 20.6. The van der Waals surface area contributed by atoms with Crippen molar-refractivity contribution in [2.24, 2.45) is 29.1 Å². The first-order valence-electron chi connectivity index (χ1n) is 14.0. The zero-order valence-corrected chi connectivity index (χ0v) is 22.8. The number of hydrogen-bond acceptors (Lipinski definition) is 3. The summed E-state index contributed by atoms with van der Waals surface area (Å²) in [7, 11) is 0. The summed E-state index contributed by atoms with van der Waals surface area (Å²) in [5.74, 6) is 1.08. The van der Waals surface area contributed by atoms with Gasteiger partial charge in [0.1, 0.15) is 11.5 Å². The lowest BCUT2D eigenvalue weighted by atomic mass is 9.64. The molecule has 2 fully saturated rings. The van der Waals surface area contributed by atoms with Crippen LogP contribution in [0.3, 0.4) is 0 Å². The van der Waals surface area contributed by atoms with E-state index in [1.807, 2.05) is 36.4 Å². The Hall–Kier alpha value is -2.42. The molecule has 0 N–H and O–H groups in total. The van der Waals surface area contributed by atoms with Gasteiger partial charge in [0, 0.05) is 12.3 Å². The molecular formula is C33H44O3. The van der Waals surface area contributed by atoms with Crippen LogP contribution >= 0.6 is 0 Å². The van der Waals surface area contributed by atoms with Crippen LogP contribution in [-0.4, -0.2) is 17.9 Å². The molecule has 0 aliphatic heterocycles. The molecule has 0 bridgehead atoms. The molecule has 2 saturated carbocycles. The predicted octanol–water partition coefficient (Wildman–Crippen LogP) is 7.57. The molecule has 0 saturated heterocycles. The number of rotatable bonds is 6. The Morgan fingerprint density at radius 1 is 0.889 bits per heavy atom. The maximum absolute atomic E-state index is 14.3. The van der Waals surface area contributed by atoms with Crippen LogP contribution in [0.25, 0.3) is 0 Å². The first-order chi connectivity index (χ1) is 17.1. The van der Waals surface area contributed by atoms with Crippen molar-refractivity contribution in [1.82, 2.24) is 0 Å². The number of Topliss-reactive ketones (excluding diaryl/α,β-unsaturated/α-hetero) is 1. The molecule has 3 heteroatoms. The van der Waals surface area contributed by atoms with Gasteiger partial charge in [0.15, 0.2) is 5.78 Å². The SMILES string of the molecule is C[C@@H]1CC[C@@H](C(C)(C)c2ccccc2)[C@H](OC(=O)[C@@]2(Cc3ccccc3)C[C@@H](C)C[C@@H](C)CC2=O)C1. The van der Waals surface area contributed by atoms with Crippen molar-refractivity contribution in [2.75, 3.05) is 0 Å². The largest absolute Gasteiger partial charge is 0.461 e. The highest BCUT2D eigenvalue weighted by Gasteiger charge is 2.51. The van der Waals surface area contributed by atoms with Crippen LogP contribution in [0.4, 0.5) is 0 Å². The lowest BCUT2D eigenvalue weighted by molar-refractivity contribution is -0.172. The zero-order valence-electron chi connectivity index (χ0n) is 22.8. The zero-order chi connectivity index (χ0) is 25.9. The second-order valence-corrected chi connectivity index (χ2v) is 12.6. The normalized spacial score (nSPS) is 31.5. The molecule has 0 aromatic heterocycles. The van der Waals surface area contributed by atoms with Gasteiger partial charge in [-0.3, -0.25) is 9.59 Å². The smallest absolute Gasteiger partial charge is 0.320 e. The van der Waals surface area contributed by atoms with E-state index in [1.54, 1.807) is 0 Å². The monoisotopic (exact) mass is 488 g/mol. The Morgan fingerprint density at radius 3 is 2.19 bits per heavy atom. The predicted molar refractivity (Wildman–Crippen MR) is 146 cm³/mol. The summed E-state index contributed by atoms with van der Waals surface area (Å²) in [4.78, 5) is 28.1. The quantitative estimate of drug-likeness (QED) is 0.239. The summed E-state index contributed by atoms with van der Waals surface area (Å²) in [6.07, 6.45) is 5.25. The maximum atomic E-state index is 14.3. The molecule has 36 heavy (non-hydrogen) atoms. The van der Waals surface area contributed by atoms with Crippen molar-refractivity contribution < 1.29 is 14.3 Å².